The zero-order valence-electron chi connectivity index (χ0n) is 17.0. The van der Waals surface area contributed by atoms with Gasteiger partial charge in [-0.3, -0.25) is 4.79 Å². The van der Waals surface area contributed by atoms with Crippen LogP contribution in [0, 0.1) is 5.82 Å². The Morgan fingerprint density at radius 1 is 1.06 bits per heavy atom. The van der Waals surface area contributed by atoms with Crippen LogP contribution >= 0.6 is 0 Å². The Bertz CT molecular complexity index is 1010. The number of sulfonamides is 1. The maximum absolute atomic E-state index is 14.1. The molecule has 2 aliphatic rings. The lowest BCUT2D eigenvalue weighted by atomic mass is 10.1. The first kappa shape index (κ1) is 21.7. The van der Waals surface area contributed by atoms with Crippen LogP contribution in [0.4, 0.5) is 4.39 Å². The van der Waals surface area contributed by atoms with E-state index in [4.69, 9.17) is 9.47 Å². The molecule has 0 bridgehead atoms. The summed E-state index contributed by atoms with van der Waals surface area (Å²) in [4.78, 5) is 14.8. The van der Waals surface area contributed by atoms with Crippen LogP contribution in [0.1, 0.15) is 12.0 Å². The van der Waals surface area contributed by atoms with Crippen LogP contribution in [0.2, 0.25) is 0 Å². The van der Waals surface area contributed by atoms with Crippen molar-refractivity contribution >= 4 is 15.9 Å². The van der Waals surface area contributed by atoms with Gasteiger partial charge >= 0.3 is 0 Å². The van der Waals surface area contributed by atoms with E-state index >= 15 is 0 Å². The second-order valence-corrected chi connectivity index (χ2v) is 9.58. The van der Waals surface area contributed by atoms with Crippen molar-refractivity contribution in [2.75, 3.05) is 32.8 Å². The number of benzene rings is 2. The third-order valence-electron chi connectivity index (χ3n) is 5.52. The van der Waals surface area contributed by atoms with Crippen molar-refractivity contribution in [3.63, 3.8) is 0 Å². The molecule has 1 amide bonds. The molecule has 0 unspecified atom stereocenters. The zero-order valence-corrected chi connectivity index (χ0v) is 17.8. The van der Waals surface area contributed by atoms with Gasteiger partial charge in [0.25, 0.3) is 0 Å². The first-order valence-electron chi connectivity index (χ1n) is 10.3. The van der Waals surface area contributed by atoms with Crippen molar-refractivity contribution in [1.29, 1.82) is 0 Å². The van der Waals surface area contributed by atoms with Crippen molar-refractivity contribution in [2.45, 2.75) is 24.3 Å². The summed E-state index contributed by atoms with van der Waals surface area (Å²) in [6, 6.07) is 14.0. The number of nitrogens with zero attached hydrogens (tertiary/aromatic N) is 2. The fourth-order valence-corrected chi connectivity index (χ4v) is 5.72. The Kier molecular flexibility index (Phi) is 6.54. The highest BCUT2D eigenvalue weighted by molar-refractivity contribution is 7.88. The Labute approximate surface area is 181 Å². The molecule has 0 radical (unpaired) electrons. The van der Waals surface area contributed by atoms with Gasteiger partial charge in [0.15, 0.2) is 0 Å². The highest BCUT2D eigenvalue weighted by Crippen LogP contribution is 2.29. The third-order valence-corrected chi connectivity index (χ3v) is 7.32. The summed E-state index contributed by atoms with van der Waals surface area (Å²) in [5.41, 5.74) is 0.0764. The van der Waals surface area contributed by atoms with Crippen LogP contribution in [-0.4, -0.2) is 68.5 Å². The molecule has 4 rings (SSSR count). The highest BCUT2D eigenvalue weighted by atomic mass is 32.2. The molecule has 9 heteroatoms. The summed E-state index contributed by atoms with van der Waals surface area (Å²) >= 11 is 0. The van der Waals surface area contributed by atoms with Gasteiger partial charge in [-0.2, -0.15) is 4.31 Å². The van der Waals surface area contributed by atoms with E-state index in [2.05, 4.69) is 0 Å². The van der Waals surface area contributed by atoms with Crippen LogP contribution < -0.4 is 4.74 Å². The topological polar surface area (TPSA) is 76.2 Å². The molecule has 2 atom stereocenters. The molecule has 2 aliphatic heterocycles. The molecule has 2 aromatic carbocycles. The predicted octanol–water partition coefficient (Wildman–Crippen LogP) is 2.04. The molecule has 2 heterocycles. The minimum atomic E-state index is -3.96. The smallest absolute Gasteiger partial charge is 0.241 e. The van der Waals surface area contributed by atoms with Gasteiger partial charge in [-0.15, -0.1) is 0 Å². The highest BCUT2D eigenvalue weighted by Gasteiger charge is 2.46. The number of halogens is 1. The minimum absolute atomic E-state index is 0.0342. The van der Waals surface area contributed by atoms with Gasteiger partial charge in [-0.05, 0) is 18.2 Å². The molecule has 2 fully saturated rings. The second kappa shape index (κ2) is 9.33. The summed E-state index contributed by atoms with van der Waals surface area (Å²) in [6.45, 7) is 1.71. The fraction of sp³-hybridized carbons (Fsp3) is 0.409. The summed E-state index contributed by atoms with van der Waals surface area (Å²) < 4.78 is 53.1. The Morgan fingerprint density at radius 3 is 2.45 bits per heavy atom. The van der Waals surface area contributed by atoms with Crippen molar-refractivity contribution in [3.8, 4) is 5.75 Å². The molecule has 166 valence electrons. The quantitative estimate of drug-likeness (QED) is 0.676. The number of para-hydroxylation sites is 1. The van der Waals surface area contributed by atoms with Crippen molar-refractivity contribution in [3.05, 3.63) is 66.0 Å². The molecule has 0 spiro atoms. The van der Waals surface area contributed by atoms with Gasteiger partial charge in [-0.1, -0.05) is 36.4 Å². The molecular formula is C22H25FN2O5S. The average molecular weight is 449 g/mol. The molecular weight excluding hydrogens is 423 g/mol. The summed E-state index contributed by atoms with van der Waals surface area (Å²) in [5.74, 6) is -0.749. The largest absolute Gasteiger partial charge is 0.489 e. The molecule has 0 saturated carbocycles. The summed E-state index contributed by atoms with van der Waals surface area (Å²) in [5, 5.41) is 0. The van der Waals surface area contributed by atoms with Crippen LogP contribution in [0.15, 0.2) is 54.6 Å². The first-order valence-corrected chi connectivity index (χ1v) is 11.9. The number of rotatable bonds is 6. The van der Waals surface area contributed by atoms with E-state index in [9.17, 15) is 17.6 Å². The van der Waals surface area contributed by atoms with E-state index in [1.165, 1.54) is 22.5 Å². The first-order chi connectivity index (χ1) is 14.9. The number of carbonyl (C=O) groups excluding carboxylic acids is 1. The maximum atomic E-state index is 14.1. The Hall–Kier alpha value is -2.49. The minimum Gasteiger partial charge on any atom is -0.489 e. The van der Waals surface area contributed by atoms with E-state index in [0.29, 0.717) is 32.1 Å². The zero-order chi connectivity index (χ0) is 21.8. The number of morpholine rings is 1. The van der Waals surface area contributed by atoms with Gasteiger partial charge in [0.1, 0.15) is 23.7 Å². The van der Waals surface area contributed by atoms with Gasteiger partial charge < -0.3 is 14.4 Å². The predicted molar refractivity (Wildman–Crippen MR) is 112 cm³/mol. The number of amides is 1. The van der Waals surface area contributed by atoms with E-state index in [1.54, 1.807) is 23.1 Å². The third kappa shape index (κ3) is 5.06. The molecule has 2 saturated heterocycles. The van der Waals surface area contributed by atoms with Crippen molar-refractivity contribution < 1.29 is 27.1 Å². The average Bonchev–Trinajstić information content (AvgIpc) is 3.21. The number of carbonyl (C=O) groups is 1. The number of ether oxygens (including phenoxy) is 2. The molecule has 7 nitrogen and oxygen atoms in total. The standard InChI is InChI=1S/C22H25FN2O5S/c23-20-9-5-4-6-17(20)16-31(27,28)25-15-19(30-18-7-2-1-3-8-18)14-21(25)22(26)24-10-12-29-13-11-24/h1-9,19,21H,10-16H2/t19-,21-/m0/s1. The van der Waals surface area contributed by atoms with Gasteiger partial charge in [0.05, 0.1) is 25.5 Å². The monoisotopic (exact) mass is 448 g/mol. The SMILES string of the molecule is O=C([C@@H]1C[C@H](Oc2ccccc2)CN1S(=O)(=O)Cc1ccccc1F)N1CCOCC1. The van der Waals surface area contributed by atoms with Crippen LogP contribution in [0.3, 0.4) is 0 Å². The van der Waals surface area contributed by atoms with Crippen LogP contribution in [0.25, 0.3) is 0 Å². The van der Waals surface area contributed by atoms with E-state index in [0.717, 1.165) is 0 Å². The maximum Gasteiger partial charge on any atom is 0.241 e. The van der Waals surface area contributed by atoms with E-state index in [1.807, 2.05) is 18.2 Å². The molecule has 0 aromatic heterocycles. The van der Waals surface area contributed by atoms with Gasteiger partial charge in [-0.25, -0.2) is 12.8 Å². The lowest BCUT2D eigenvalue weighted by molar-refractivity contribution is -0.138. The number of hydrogen-bond acceptors (Lipinski definition) is 5. The van der Waals surface area contributed by atoms with E-state index in [-0.39, 0.29) is 24.4 Å². The molecule has 2 aromatic rings. The normalized spacial score (nSPS) is 22.4. The van der Waals surface area contributed by atoms with Crippen molar-refractivity contribution in [2.24, 2.45) is 0 Å². The van der Waals surface area contributed by atoms with Gasteiger partial charge in [0, 0.05) is 25.1 Å². The van der Waals surface area contributed by atoms with Crippen molar-refractivity contribution in [1.82, 2.24) is 9.21 Å². The molecule has 0 N–H and O–H groups in total. The van der Waals surface area contributed by atoms with E-state index < -0.39 is 33.7 Å². The number of hydrogen-bond donors (Lipinski definition) is 0. The summed E-state index contributed by atoms with van der Waals surface area (Å²) in [6.07, 6.45) is -0.241. The molecule has 0 aliphatic carbocycles. The lowest BCUT2D eigenvalue weighted by Crippen LogP contribution is -2.51. The van der Waals surface area contributed by atoms with Crippen LogP contribution in [0.5, 0.6) is 5.75 Å². The second-order valence-electron chi connectivity index (χ2n) is 7.66. The lowest BCUT2D eigenvalue weighted by Gasteiger charge is -2.32. The Morgan fingerprint density at radius 2 is 1.74 bits per heavy atom. The van der Waals surface area contributed by atoms with Crippen LogP contribution in [-0.2, 0) is 25.3 Å². The Balaban J connectivity index is 1.58. The summed E-state index contributed by atoms with van der Waals surface area (Å²) in [7, 11) is -3.96. The van der Waals surface area contributed by atoms with Gasteiger partial charge in [0.2, 0.25) is 15.9 Å². The fourth-order valence-electron chi connectivity index (χ4n) is 3.97. The molecule has 31 heavy (non-hydrogen) atoms.